The molecule has 5 heteroatoms. The SMILES string of the molecule is CC[C@H](CO)NC(=O)CCCSc1ccc(Cl)cc1. The van der Waals surface area contributed by atoms with E-state index in [1.54, 1.807) is 11.8 Å². The Morgan fingerprint density at radius 3 is 2.68 bits per heavy atom. The maximum absolute atomic E-state index is 11.6. The quantitative estimate of drug-likeness (QED) is 0.573. The van der Waals surface area contributed by atoms with Crippen LogP contribution < -0.4 is 5.32 Å². The number of hydrogen-bond donors (Lipinski definition) is 2. The van der Waals surface area contributed by atoms with Crippen molar-refractivity contribution >= 4 is 29.3 Å². The first-order valence-electron chi connectivity index (χ1n) is 6.44. The molecule has 0 aliphatic rings. The molecule has 0 unspecified atom stereocenters. The summed E-state index contributed by atoms with van der Waals surface area (Å²) in [6, 6.07) is 7.57. The molecule has 0 saturated heterocycles. The Hall–Kier alpha value is -0.710. The topological polar surface area (TPSA) is 49.3 Å². The number of halogens is 1. The first-order chi connectivity index (χ1) is 9.15. The number of rotatable bonds is 8. The Bertz CT molecular complexity index is 380. The van der Waals surface area contributed by atoms with Gasteiger partial charge >= 0.3 is 0 Å². The van der Waals surface area contributed by atoms with Crippen LogP contribution in [0.25, 0.3) is 0 Å². The van der Waals surface area contributed by atoms with Crippen LogP contribution >= 0.6 is 23.4 Å². The molecule has 0 saturated carbocycles. The number of amides is 1. The van der Waals surface area contributed by atoms with Crippen molar-refractivity contribution in [1.29, 1.82) is 0 Å². The van der Waals surface area contributed by atoms with Gasteiger partial charge in [0.25, 0.3) is 0 Å². The highest BCUT2D eigenvalue weighted by molar-refractivity contribution is 7.99. The summed E-state index contributed by atoms with van der Waals surface area (Å²) in [6.45, 7) is 1.94. The van der Waals surface area contributed by atoms with Crippen molar-refractivity contribution in [3.63, 3.8) is 0 Å². The smallest absolute Gasteiger partial charge is 0.220 e. The van der Waals surface area contributed by atoms with Crippen LogP contribution in [0.3, 0.4) is 0 Å². The van der Waals surface area contributed by atoms with Crippen LogP contribution in [0.2, 0.25) is 5.02 Å². The van der Waals surface area contributed by atoms with Crippen molar-refractivity contribution < 1.29 is 9.90 Å². The van der Waals surface area contributed by atoms with Gasteiger partial charge in [-0.05, 0) is 42.9 Å². The molecule has 1 aromatic rings. The number of benzene rings is 1. The van der Waals surface area contributed by atoms with Crippen LogP contribution in [-0.4, -0.2) is 29.4 Å². The monoisotopic (exact) mass is 301 g/mol. The van der Waals surface area contributed by atoms with E-state index >= 15 is 0 Å². The average Bonchev–Trinajstić information content (AvgIpc) is 2.43. The van der Waals surface area contributed by atoms with Gasteiger partial charge in [-0.25, -0.2) is 0 Å². The lowest BCUT2D eigenvalue weighted by Crippen LogP contribution is -2.36. The molecule has 0 spiro atoms. The van der Waals surface area contributed by atoms with Gasteiger partial charge < -0.3 is 10.4 Å². The summed E-state index contributed by atoms with van der Waals surface area (Å²) in [6.07, 6.45) is 2.07. The van der Waals surface area contributed by atoms with Gasteiger partial charge in [0.15, 0.2) is 0 Å². The highest BCUT2D eigenvalue weighted by atomic mass is 35.5. The lowest BCUT2D eigenvalue weighted by atomic mass is 10.2. The Morgan fingerprint density at radius 1 is 1.42 bits per heavy atom. The third-order valence-corrected chi connectivity index (χ3v) is 4.06. The van der Waals surface area contributed by atoms with Crippen LogP contribution in [-0.2, 0) is 4.79 Å². The largest absolute Gasteiger partial charge is 0.394 e. The van der Waals surface area contributed by atoms with Crippen molar-refractivity contribution in [2.75, 3.05) is 12.4 Å². The molecule has 1 rings (SSSR count). The molecular weight excluding hydrogens is 282 g/mol. The predicted molar refractivity (Wildman–Crippen MR) is 80.7 cm³/mol. The summed E-state index contributed by atoms with van der Waals surface area (Å²) in [5.41, 5.74) is 0. The number of nitrogens with one attached hydrogen (secondary N) is 1. The van der Waals surface area contributed by atoms with Crippen molar-refractivity contribution in [2.24, 2.45) is 0 Å². The third-order valence-electron chi connectivity index (χ3n) is 2.71. The molecule has 3 nitrogen and oxygen atoms in total. The minimum Gasteiger partial charge on any atom is -0.394 e. The second-order valence-corrected chi connectivity index (χ2v) is 5.87. The Balaban J connectivity index is 2.16. The molecule has 0 radical (unpaired) electrons. The zero-order chi connectivity index (χ0) is 14.1. The molecule has 1 aromatic carbocycles. The van der Waals surface area contributed by atoms with Crippen LogP contribution in [0.15, 0.2) is 29.2 Å². The van der Waals surface area contributed by atoms with E-state index in [9.17, 15) is 4.79 Å². The van der Waals surface area contributed by atoms with Crippen LogP contribution in [0, 0.1) is 0 Å². The molecule has 1 atom stereocenters. The van der Waals surface area contributed by atoms with Gasteiger partial charge in [0.05, 0.1) is 12.6 Å². The molecule has 0 aliphatic heterocycles. The minimum atomic E-state index is -0.114. The van der Waals surface area contributed by atoms with Gasteiger partial charge in [-0.3, -0.25) is 4.79 Å². The standard InChI is InChI=1S/C14H20ClNO2S/c1-2-12(10-17)16-14(18)4-3-9-19-13-7-5-11(15)6-8-13/h5-8,12,17H,2-4,9-10H2,1H3,(H,16,18)/t12-/m1/s1. The van der Waals surface area contributed by atoms with E-state index in [-0.39, 0.29) is 18.6 Å². The highest BCUT2D eigenvalue weighted by Gasteiger charge is 2.08. The van der Waals surface area contributed by atoms with Crippen molar-refractivity contribution in [3.05, 3.63) is 29.3 Å². The molecule has 106 valence electrons. The molecule has 0 fully saturated rings. The number of hydrogen-bond acceptors (Lipinski definition) is 3. The molecule has 19 heavy (non-hydrogen) atoms. The Kier molecular flexibility index (Phi) is 7.94. The number of aliphatic hydroxyl groups excluding tert-OH is 1. The first-order valence-corrected chi connectivity index (χ1v) is 7.80. The van der Waals surface area contributed by atoms with Gasteiger partial charge in [0.2, 0.25) is 5.91 Å². The fourth-order valence-electron chi connectivity index (χ4n) is 1.53. The number of carbonyl (C=O) groups excluding carboxylic acids is 1. The molecule has 0 bridgehead atoms. The molecule has 2 N–H and O–H groups in total. The van der Waals surface area contributed by atoms with E-state index in [0.29, 0.717) is 6.42 Å². The third kappa shape index (κ3) is 6.85. The van der Waals surface area contributed by atoms with E-state index in [2.05, 4.69) is 5.32 Å². The normalized spacial score (nSPS) is 12.2. The molecule has 1 amide bonds. The highest BCUT2D eigenvalue weighted by Crippen LogP contribution is 2.21. The lowest BCUT2D eigenvalue weighted by molar-refractivity contribution is -0.122. The Labute approximate surface area is 123 Å². The minimum absolute atomic E-state index is 0.00175. The van der Waals surface area contributed by atoms with Crippen molar-refractivity contribution in [1.82, 2.24) is 5.32 Å². The summed E-state index contributed by atoms with van der Waals surface area (Å²) in [5.74, 6) is 0.905. The van der Waals surface area contributed by atoms with Crippen LogP contribution in [0.5, 0.6) is 0 Å². The zero-order valence-corrected chi connectivity index (χ0v) is 12.6. The zero-order valence-electron chi connectivity index (χ0n) is 11.1. The van der Waals surface area contributed by atoms with Gasteiger partial charge in [0, 0.05) is 16.3 Å². The van der Waals surface area contributed by atoms with Crippen molar-refractivity contribution in [3.8, 4) is 0 Å². The number of thioether (sulfide) groups is 1. The van der Waals surface area contributed by atoms with Crippen LogP contribution in [0.4, 0.5) is 0 Å². The number of aliphatic hydroxyl groups is 1. The maximum Gasteiger partial charge on any atom is 0.220 e. The lowest BCUT2D eigenvalue weighted by Gasteiger charge is -2.13. The Morgan fingerprint density at radius 2 is 2.11 bits per heavy atom. The second-order valence-electron chi connectivity index (χ2n) is 4.26. The van der Waals surface area contributed by atoms with Gasteiger partial charge in [-0.1, -0.05) is 18.5 Å². The van der Waals surface area contributed by atoms with Gasteiger partial charge in [0.1, 0.15) is 0 Å². The van der Waals surface area contributed by atoms with Crippen LogP contribution in [0.1, 0.15) is 26.2 Å². The number of carbonyl (C=O) groups is 1. The average molecular weight is 302 g/mol. The van der Waals surface area contributed by atoms with E-state index < -0.39 is 0 Å². The van der Waals surface area contributed by atoms with E-state index in [0.717, 1.165) is 28.5 Å². The molecule has 0 aliphatic carbocycles. The maximum atomic E-state index is 11.6. The first kappa shape index (κ1) is 16.3. The molecule has 0 aromatic heterocycles. The fraction of sp³-hybridized carbons (Fsp3) is 0.500. The summed E-state index contributed by atoms with van der Waals surface area (Å²) in [5, 5.41) is 12.5. The summed E-state index contributed by atoms with van der Waals surface area (Å²) in [4.78, 5) is 12.7. The van der Waals surface area contributed by atoms with Gasteiger partial charge in [-0.2, -0.15) is 0 Å². The molecular formula is C14H20ClNO2S. The van der Waals surface area contributed by atoms with Gasteiger partial charge in [-0.15, -0.1) is 11.8 Å². The predicted octanol–water partition coefficient (Wildman–Crippen LogP) is 3.10. The second kappa shape index (κ2) is 9.23. The van der Waals surface area contributed by atoms with Crippen molar-refractivity contribution in [2.45, 2.75) is 37.1 Å². The summed E-state index contributed by atoms with van der Waals surface area (Å²) < 4.78 is 0. The fourth-order valence-corrected chi connectivity index (χ4v) is 2.51. The molecule has 0 heterocycles. The van der Waals surface area contributed by atoms with E-state index in [1.807, 2.05) is 31.2 Å². The van der Waals surface area contributed by atoms with E-state index in [1.165, 1.54) is 0 Å². The summed E-state index contributed by atoms with van der Waals surface area (Å²) in [7, 11) is 0. The summed E-state index contributed by atoms with van der Waals surface area (Å²) >= 11 is 7.52. The van der Waals surface area contributed by atoms with E-state index in [4.69, 9.17) is 16.7 Å².